The summed E-state index contributed by atoms with van der Waals surface area (Å²) in [5.41, 5.74) is 0. The highest BCUT2D eigenvalue weighted by Crippen LogP contribution is 2.14. The highest BCUT2D eigenvalue weighted by atomic mass is 32.2. The summed E-state index contributed by atoms with van der Waals surface area (Å²) in [5, 5.41) is 0.847. The maximum atomic E-state index is 2.32. The van der Waals surface area contributed by atoms with Crippen molar-refractivity contribution in [3.63, 3.8) is 0 Å². The van der Waals surface area contributed by atoms with Crippen LogP contribution in [0.15, 0.2) is 0 Å². The van der Waals surface area contributed by atoms with Crippen LogP contribution in [0.5, 0.6) is 0 Å². The minimum atomic E-state index is 0.847. The minimum Gasteiger partial charge on any atom is -0.309 e. The zero-order valence-electron chi connectivity index (χ0n) is 10.3. The largest absolute Gasteiger partial charge is 0.309 e. The maximum Gasteiger partial charge on any atom is 0.00663 e. The molecule has 0 rings (SSSR count). The topological polar surface area (TPSA) is 3.24 Å². The van der Waals surface area contributed by atoms with Crippen molar-refractivity contribution in [3.05, 3.63) is 0 Å². The van der Waals surface area contributed by atoms with E-state index in [1.807, 2.05) is 13.8 Å². The van der Waals surface area contributed by atoms with Crippen LogP contribution in [-0.2, 0) is 0 Å². The third kappa shape index (κ3) is 15.1. The van der Waals surface area contributed by atoms with E-state index in [1.54, 1.807) is 0 Å². The molecule has 0 fully saturated rings. The van der Waals surface area contributed by atoms with Gasteiger partial charge in [-0.25, -0.2) is 0 Å². The molecule has 0 aliphatic rings. The summed E-state index contributed by atoms with van der Waals surface area (Å²) < 4.78 is 0. The van der Waals surface area contributed by atoms with Gasteiger partial charge in [-0.1, -0.05) is 34.1 Å². The monoisotopic (exact) mass is 205 g/mol. The molecule has 1 unspecified atom stereocenters. The van der Waals surface area contributed by atoms with Gasteiger partial charge in [0.15, 0.2) is 0 Å². The van der Waals surface area contributed by atoms with E-state index < -0.39 is 0 Å². The summed E-state index contributed by atoms with van der Waals surface area (Å²) in [7, 11) is 4.26. The Hall–Kier alpha value is 0.310. The van der Waals surface area contributed by atoms with Crippen LogP contribution in [0.2, 0.25) is 0 Å². The average molecular weight is 205 g/mol. The molecule has 82 valence electrons. The van der Waals surface area contributed by atoms with Crippen LogP contribution in [0.25, 0.3) is 0 Å². The average Bonchev–Trinajstić information content (AvgIpc) is 2.08. The van der Waals surface area contributed by atoms with Gasteiger partial charge in [-0.2, -0.15) is 11.8 Å². The quantitative estimate of drug-likeness (QED) is 0.653. The summed E-state index contributed by atoms with van der Waals surface area (Å²) >= 11 is 2.09. The summed E-state index contributed by atoms with van der Waals surface area (Å²) in [6.45, 7) is 9.78. The number of thioether (sulfide) groups is 1. The Labute approximate surface area is 89.3 Å². The Morgan fingerprint density at radius 1 is 1.23 bits per heavy atom. The number of hydrogen-bond donors (Lipinski definition) is 0. The normalized spacial score (nSPS) is 12.2. The summed E-state index contributed by atoms with van der Waals surface area (Å²) in [4.78, 5) is 2.24. The molecule has 0 N–H and O–H groups in total. The van der Waals surface area contributed by atoms with Crippen molar-refractivity contribution in [2.24, 2.45) is 0 Å². The molecular formula is C11H27NS. The summed E-state index contributed by atoms with van der Waals surface area (Å²) in [6.07, 6.45) is 2.67. The Balaban J connectivity index is 0. The van der Waals surface area contributed by atoms with Crippen LogP contribution in [0, 0.1) is 0 Å². The molecule has 0 saturated carbocycles. The van der Waals surface area contributed by atoms with Gasteiger partial charge in [0.1, 0.15) is 0 Å². The summed E-state index contributed by atoms with van der Waals surface area (Å²) in [6, 6.07) is 0. The van der Waals surface area contributed by atoms with Crippen molar-refractivity contribution in [1.29, 1.82) is 0 Å². The van der Waals surface area contributed by atoms with E-state index in [0.717, 1.165) is 5.25 Å². The van der Waals surface area contributed by atoms with Gasteiger partial charge in [-0.3, -0.25) is 0 Å². The fourth-order valence-corrected chi connectivity index (χ4v) is 2.20. The second-order valence-electron chi connectivity index (χ2n) is 3.27. The Bertz CT molecular complexity index is 84.2. The lowest BCUT2D eigenvalue weighted by molar-refractivity contribution is 0.437. The van der Waals surface area contributed by atoms with Crippen molar-refractivity contribution in [2.45, 2.75) is 45.8 Å². The van der Waals surface area contributed by atoms with E-state index >= 15 is 0 Å². The van der Waals surface area contributed by atoms with Gasteiger partial charge in [-0.05, 0) is 20.5 Å². The first kappa shape index (κ1) is 15.8. The van der Waals surface area contributed by atoms with E-state index in [1.165, 1.54) is 25.1 Å². The number of nitrogens with zero attached hydrogens (tertiary/aromatic N) is 1. The SMILES string of the molecule is CC.CCCC(C)SCCN(C)C. The third-order valence-electron chi connectivity index (χ3n) is 1.64. The van der Waals surface area contributed by atoms with Gasteiger partial charge in [-0.15, -0.1) is 0 Å². The Morgan fingerprint density at radius 3 is 2.15 bits per heavy atom. The predicted octanol–water partition coefficient (Wildman–Crippen LogP) is 3.50. The molecule has 2 heteroatoms. The molecule has 0 radical (unpaired) electrons. The predicted molar refractivity (Wildman–Crippen MR) is 66.7 cm³/mol. The smallest absolute Gasteiger partial charge is 0.00663 e. The molecule has 0 spiro atoms. The van der Waals surface area contributed by atoms with Crippen molar-refractivity contribution < 1.29 is 0 Å². The van der Waals surface area contributed by atoms with Gasteiger partial charge >= 0.3 is 0 Å². The van der Waals surface area contributed by atoms with Crippen LogP contribution in [-0.4, -0.2) is 36.5 Å². The van der Waals surface area contributed by atoms with Crippen LogP contribution in [0.1, 0.15) is 40.5 Å². The van der Waals surface area contributed by atoms with Crippen molar-refractivity contribution in [3.8, 4) is 0 Å². The van der Waals surface area contributed by atoms with Crippen LogP contribution in [0.3, 0.4) is 0 Å². The van der Waals surface area contributed by atoms with Gasteiger partial charge in [0, 0.05) is 17.5 Å². The first-order valence-corrected chi connectivity index (χ1v) is 6.48. The van der Waals surface area contributed by atoms with E-state index in [9.17, 15) is 0 Å². The van der Waals surface area contributed by atoms with E-state index in [4.69, 9.17) is 0 Å². The third-order valence-corrected chi connectivity index (χ3v) is 2.86. The second-order valence-corrected chi connectivity index (χ2v) is 4.82. The van der Waals surface area contributed by atoms with Gasteiger partial charge in [0.05, 0.1) is 0 Å². The minimum absolute atomic E-state index is 0.847. The molecule has 0 aliphatic heterocycles. The van der Waals surface area contributed by atoms with E-state index in [2.05, 4.69) is 44.6 Å². The molecule has 1 atom stereocenters. The molecule has 0 aromatic carbocycles. The van der Waals surface area contributed by atoms with Crippen molar-refractivity contribution in [2.75, 3.05) is 26.4 Å². The maximum absolute atomic E-state index is 2.32. The molecule has 0 amide bonds. The molecule has 0 bridgehead atoms. The zero-order valence-corrected chi connectivity index (χ0v) is 11.1. The van der Waals surface area contributed by atoms with Gasteiger partial charge < -0.3 is 4.90 Å². The molecule has 0 aliphatic carbocycles. The highest BCUT2D eigenvalue weighted by Gasteiger charge is 2.00. The molecule has 0 saturated heterocycles. The fourth-order valence-electron chi connectivity index (χ4n) is 0.926. The first-order valence-electron chi connectivity index (χ1n) is 5.43. The molecule has 0 heterocycles. The molecule has 1 nitrogen and oxygen atoms in total. The van der Waals surface area contributed by atoms with E-state index in [0.29, 0.717) is 0 Å². The fraction of sp³-hybridized carbons (Fsp3) is 1.00. The molecule has 0 aromatic heterocycles. The number of rotatable bonds is 6. The van der Waals surface area contributed by atoms with Crippen LogP contribution >= 0.6 is 11.8 Å². The highest BCUT2D eigenvalue weighted by molar-refractivity contribution is 7.99. The standard InChI is InChI=1S/C9H21NS.C2H6/c1-5-6-9(2)11-8-7-10(3)4;1-2/h9H,5-8H2,1-4H3;1-2H3. The van der Waals surface area contributed by atoms with Crippen molar-refractivity contribution in [1.82, 2.24) is 4.90 Å². The molecule has 0 aromatic rings. The lowest BCUT2D eigenvalue weighted by Crippen LogP contribution is -2.16. The van der Waals surface area contributed by atoms with Crippen LogP contribution < -0.4 is 0 Å². The summed E-state index contributed by atoms with van der Waals surface area (Å²) in [5.74, 6) is 1.27. The lowest BCUT2D eigenvalue weighted by Gasteiger charge is -2.12. The molecule has 13 heavy (non-hydrogen) atoms. The van der Waals surface area contributed by atoms with E-state index in [-0.39, 0.29) is 0 Å². The van der Waals surface area contributed by atoms with Crippen molar-refractivity contribution >= 4 is 11.8 Å². The van der Waals surface area contributed by atoms with Gasteiger partial charge in [0.2, 0.25) is 0 Å². The first-order chi connectivity index (χ1) is 6.16. The lowest BCUT2D eigenvalue weighted by atomic mass is 10.3. The molecular weight excluding hydrogens is 178 g/mol. The Kier molecular flexibility index (Phi) is 14.9. The van der Waals surface area contributed by atoms with Gasteiger partial charge in [0.25, 0.3) is 0 Å². The Morgan fingerprint density at radius 2 is 1.77 bits per heavy atom. The zero-order chi connectivity index (χ0) is 10.7. The van der Waals surface area contributed by atoms with Crippen LogP contribution in [0.4, 0.5) is 0 Å². The number of hydrogen-bond acceptors (Lipinski definition) is 2. The second kappa shape index (κ2) is 12.3.